The number of rotatable bonds is 9. The van der Waals surface area contributed by atoms with Gasteiger partial charge in [-0.25, -0.2) is 8.42 Å². The first-order chi connectivity index (χ1) is 15.7. The van der Waals surface area contributed by atoms with Gasteiger partial charge in [-0.3, -0.25) is 13.9 Å². The Kier molecular flexibility index (Phi) is 7.34. The van der Waals surface area contributed by atoms with E-state index in [4.69, 9.17) is 9.47 Å². The van der Waals surface area contributed by atoms with E-state index >= 15 is 0 Å². The number of hydrogen-bond acceptors (Lipinski definition) is 6. The van der Waals surface area contributed by atoms with Gasteiger partial charge in [-0.2, -0.15) is 0 Å². The van der Waals surface area contributed by atoms with Gasteiger partial charge in [-0.1, -0.05) is 24.3 Å². The van der Waals surface area contributed by atoms with Crippen molar-refractivity contribution in [2.45, 2.75) is 11.8 Å². The van der Waals surface area contributed by atoms with Crippen molar-refractivity contribution in [2.75, 3.05) is 30.4 Å². The number of hydrogen-bond donors (Lipinski definition) is 1. The number of para-hydroxylation sites is 1. The molecule has 0 aliphatic heterocycles. The molecule has 3 rings (SSSR count). The monoisotopic (exact) mass is 468 g/mol. The fourth-order valence-corrected chi connectivity index (χ4v) is 4.29. The van der Waals surface area contributed by atoms with Crippen LogP contribution in [0.3, 0.4) is 0 Å². The van der Waals surface area contributed by atoms with Crippen LogP contribution in [-0.4, -0.2) is 40.9 Å². The maximum absolute atomic E-state index is 13.0. The van der Waals surface area contributed by atoms with Gasteiger partial charge in [0.2, 0.25) is 0 Å². The molecule has 172 valence electrons. The highest BCUT2D eigenvalue weighted by Crippen LogP contribution is 2.26. The highest BCUT2D eigenvalue weighted by atomic mass is 32.2. The van der Waals surface area contributed by atoms with Crippen molar-refractivity contribution in [2.24, 2.45) is 0 Å². The lowest BCUT2D eigenvalue weighted by Crippen LogP contribution is -2.26. The molecule has 1 N–H and O–H groups in total. The van der Waals surface area contributed by atoms with E-state index in [1.165, 1.54) is 49.7 Å². The van der Waals surface area contributed by atoms with Crippen LogP contribution in [0, 0.1) is 0 Å². The molecule has 0 saturated heterocycles. The van der Waals surface area contributed by atoms with E-state index in [0.717, 1.165) is 0 Å². The molecular formula is C24H24N2O6S. The Labute approximate surface area is 192 Å². The summed E-state index contributed by atoms with van der Waals surface area (Å²) >= 11 is 0. The van der Waals surface area contributed by atoms with Crippen molar-refractivity contribution in [1.29, 1.82) is 0 Å². The van der Waals surface area contributed by atoms with Crippen molar-refractivity contribution in [3.63, 3.8) is 0 Å². The fraction of sp³-hybridized carbons (Fsp3) is 0.167. The number of benzene rings is 3. The first kappa shape index (κ1) is 23.8. The van der Waals surface area contributed by atoms with Crippen molar-refractivity contribution >= 4 is 33.1 Å². The summed E-state index contributed by atoms with van der Waals surface area (Å²) in [4.78, 5) is 24.3. The summed E-state index contributed by atoms with van der Waals surface area (Å²) in [5.74, 6) is -0.0274. The SMILES string of the molecule is COc1ccc(C(C)=O)c(OCC(=O)Nc2cccc(S(=O)(=O)N(C)c3ccccc3)c2)c1. The molecule has 0 aliphatic rings. The number of anilines is 2. The highest BCUT2D eigenvalue weighted by Gasteiger charge is 2.22. The van der Waals surface area contributed by atoms with E-state index in [1.807, 2.05) is 0 Å². The molecular weight excluding hydrogens is 444 g/mol. The van der Waals surface area contributed by atoms with Crippen LogP contribution in [0.15, 0.2) is 77.7 Å². The van der Waals surface area contributed by atoms with Gasteiger partial charge < -0.3 is 14.8 Å². The van der Waals surface area contributed by atoms with Crippen LogP contribution in [0.1, 0.15) is 17.3 Å². The van der Waals surface area contributed by atoms with Crippen molar-refractivity contribution in [1.82, 2.24) is 0 Å². The normalized spacial score (nSPS) is 10.9. The zero-order chi connectivity index (χ0) is 24.0. The zero-order valence-electron chi connectivity index (χ0n) is 18.4. The van der Waals surface area contributed by atoms with Crippen LogP contribution in [0.2, 0.25) is 0 Å². The Morgan fingerprint density at radius 3 is 2.36 bits per heavy atom. The molecule has 0 bridgehead atoms. The number of Topliss-reactive ketones (excluding diaryl/α,β-unsaturated/α-hetero) is 1. The van der Waals surface area contributed by atoms with Gasteiger partial charge in [0.15, 0.2) is 12.4 Å². The second kappa shape index (κ2) is 10.2. The van der Waals surface area contributed by atoms with E-state index in [9.17, 15) is 18.0 Å². The first-order valence-corrected chi connectivity index (χ1v) is 11.4. The number of nitrogens with zero attached hydrogens (tertiary/aromatic N) is 1. The molecule has 0 heterocycles. The van der Waals surface area contributed by atoms with E-state index < -0.39 is 15.9 Å². The lowest BCUT2D eigenvalue weighted by Gasteiger charge is -2.20. The average Bonchev–Trinajstić information content (AvgIpc) is 2.82. The third-order valence-corrected chi connectivity index (χ3v) is 6.60. The average molecular weight is 469 g/mol. The summed E-state index contributed by atoms with van der Waals surface area (Å²) in [5.41, 5.74) is 1.13. The summed E-state index contributed by atoms with van der Waals surface area (Å²) < 4.78 is 37.8. The van der Waals surface area contributed by atoms with Gasteiger partial charge in [-0.15, -0.1) is 0 Å². The predicted molar refractivity (Wildman–Crippen MR) is 126 cm³/mol. The third kappa shape index (κ3) is 5.69. The number of ether oxygens (including phenoxy) is 2. The Morgan fingerprint density at radius 2 is 1.70 bits per heavy atom. The smallest absolute Gasteiger partial charge is 0.264 e. The van der Waals surface area contributed by atoms with Crippen LogP contribution in [0.4, 0.5) is 11.4 Å². The molecule has 3 aromatic carbocycles. The lowest BCUT2D eigenvalue weighted by atomic mass is 10.1. The minimum absolute atomic E-state index is 0.0271. The number of sulfonamides is 1. The molecule has 0 fully saturated rings. The minimum Gasteiger partial charge on any atom is -0.497 e. The van der Waals surface area contributed by atoms with E-state index in [0.29, 0.717) is 22.7 Å². The number of methoxy groups -OCH3 is 1. The van der Waals surface area contributed by atoms with Gasteiger partial charge in [0.25, 0.3) is 15.9 Å². The van der Waals surface area contributed by atoms with Crippen LogP contribution >= 0.6 is 0 Å². The molecule has 0 aromatic heterocycles. The number of amides is 1. The Hall–Kier alpha value is -3.85. The van der Waals surface area contributed by atoms with E-state index in [2.05, 4.69) is 5.32 Å². The molecule has 0 radical (unpaired) electrons. The van der Waals surface area contributed by atoms with E-state index in [1.54, 1.807) is 48.5 Å². The minimum atomic E-state index is -3.83. The molecule has 9 heteroatoms. The summed E-state index contributed by atoms with van der Waals surface area (Å²) in [5, 5.41) is 2.62. The number of carbonyl (C=O) groups excluding carboxylic acids is 2. The van der Waals surface area contributed by atoms with Crippen LogP contribution in [-0.2, 0) is 14.8 Å². The van der Waals surface area contributed by atoms with Crippen LogP contribution in [0.5, 0.6) is 11.5 Å². The van der Waals surface area contributed by atoms with Crippen molar-refractivity contribution < 1.29 is 27.5 Å². The molecule has 8 nitrogen and oxygen atoms in total. The summed E-state index contributed by atoms with van der Waals surface area (Å²) in [6, 6.07) is 19.3. The quantitative estimate of drug-likeness (QED) is 0.480. The van der Waals surface area contributed by atoms with Gasteiger partial charge in [-0.05, 0) is 49.4 Å². The highest BCUT2D eigenvalue weighted by molar-refractivity contribution is 7.92. The molecule has 0 spiro atoms. The Bertz CT molecular complexity index is 1260. The molecule has 33 heavy (non-hydrogen) atoms. The molecule has 0 saturated carbocycles. The standard InChI is InChI=1S/C24H24N2O6S/c1-17(27)22-13-12-20(31-3)15-23(22)32-16-24(28)25-18-8-7-11-21(14-18)33(29,30)26(2)19-9-5-4-6-10-19/h4-15H,16H2,1-3H3,(H,25,28). The molecule has 0 atom stereocenters. The Morgan fingerprint density at radius 1 is 0.970 bits per heavy atom. The topological polar surface area (TPSA) is 102 Å². The first-order valence-electron chi connectivity index (χ1n) is 9.98. The molecule has 3 aromatic rings. The predicted octanol–water partition coefficient (Wildman–Crippen LogP) is 3.74. The van der Waals surface area contributed by atoms with Crippen molar-refractivity contribution in [3.8, 4) is 11.5 Å². The van der Waals surface area contributed by atoms with Gasteiger partial charge in [0, 0.05) is 18.8 Å². The summed E-state index contributed by atoms with van der Waals surface area (Å²) in [7, 11) is -0.885. The summed E-state index contributed by atoms with van der Waals surface area (Å²) in [6.07, 6.45) is 0. The molecule has 0 aliphatic carbocycles. The second-order valence-electron chi connectivity index (χ2n) is 7.09. The van der Waals surface area contributed by atoms with Crippen molar-refractivity contribution in [3.05, 3.63) is 78.4 Å². The number of ketones is 1. The number of nitrogens with one attached hydrogen (secondary N) is 1. The molecule has 0 unspecified atom stereocenters. The lowest BCUT2D eigenvalue weighted by molar-refractivity contribution is -0.118. The largest absolute Gasteiger partial charge is 0.497 e. The Balaban J connectivity index is 1.72. The maximum atomic E-state index is 13.0. The zero-order valence-corrected chi connectivity index (χ0v) is 19.3. The van der Waals surface area contributed by atoms with Gasteiger partial charge in [0.05, 0.1) is 23.3 Å². The maximum Gasteiger partial charge on any atom is 0.264 e. The molecule has 1 amide bonds. The van der Waals surface area contributed by atoms with Gasteiger partial charge in [0.1, 0.15) is 11.5 Å². The van der Waals surface area contributed by atoms with Crippen LogP contribution < -0.4 is 19.1 Å². The third-order valence-electron chi connectivity index (χ3n) is 4.82. The van der Waals surface area contributed by atoms with Gasteiger partial charge >= 0.3 is 0 Å². The number of carbonyl (C=O) groups is 2. The summed E-state index contributed by atoms with van der Waals surface area (Å²) in [6.45, 7) is 1.02. The second-order valence-corrected chi connectivity index (χ2v) is 9.06. The van der Waals surface area contributed by atoms with E-state index in [-0.39, 0.29) is 23.0 Å². The van der Waals surface area contributed by atoms with Crippen LogP contribution in [0.25, 0.3) is 0 Å². The fourth-order valence-electron chi connectivity index (χ4n) is 3.05.